The van der Waals surface area contributed by atoms with Crippen molar-refractivity contribution in [3.63, 3.8) is 0 Å². The van der Waals surface area contributed by atoms with Gasteiger partial charge in [0.15, 0.2) is 0 Å². The largest absolute Gasteiger partial charge is 0.494 e. The first-order chi connectivity index (χ1) is 16.1. The van der Waals surface area contributed by atoms with Crippen LogP contribution in [0.1, 0.15) is 40.8 Å². The minimum atomic E-state index is -4.59. The molecule has 2 radical (unpaired) electrons. The molecule has 0 saturated carbocycles. The Labute approximate surface area is 255 Å². The van der Waals surface area contributed by atoms with Gasteiger partial charge in [0.05, 0.1) is 12.6 Å². The standard InChI is InChI=1S/C24H23NO7S2.2Na/c1-2-32-20-12-11-17(23(14-20)34(29,30)31)8-7-16-9-10-18(13-22(16)33(26,27)28)24-21-6-4-3-5-19(21)15-25-24;;/h3-14,24-25H,2,15H2,1H3,(H,26,27,28)(H,29,30,31);;. The molecule has 0 aliphatic carbocycles. The molecule has 0 saturated heterocycles. The van der Waals surface area contributed by atoms with Gasteiger partial charge in [0.2, 0.25) is 0 Å². The van der Waals surface area contributed by atoms with Gasteiger partial charge in [0.1, 0.15) is 15.5 Å². The third-order valence-corrected chi connectivity index (χ3v) is 7.35. The van der Waals surface area contributed by atoms with E-state index in [1.165, 1.54) is 36.4 Å². The molecule has 1 aliphatic rings. The molecular formula is C24H23NNa2O7S2. The molecule has 0 aromatic heterocycles. The Hall–Kier alpha value is -1.02. The minimum Gasteiger partial charge on any atom is -0.494 e. The van der Waals surface area contributed by atoms with Gasteiger partial charge in [-0.25, -0.2) is 0 Å². The number of rotatable bonds is 7. The molecule has 0 bridgehead atoms. The Morgan fingerprint density at radius 3 is 2.08 bits per heavy atom. The Kier molecular flexibility index (Phi) is 11.0. The fraction of sp³-hybridized carbons (Fsp3) is 0.167. The maximum Gasteiger partial charge on any atom is 0.295 e. The Morgan fingerprint density at radius 2 is 1.47 bits per heavy atom. The van der Waals surface area contributed by atoms with Crippen LogP contribution >= 0.6 is 0 Å². The van der Waals surface area contributed by atoms with E-state index in [4.69, 9.17) is 4.74 Å². The molecular weight excluding hydrogens is 524 g/mol. The van der Waals surface area contributed by atoms with Crippen LogP contribution in [-0.4, -0.2) is 91.7 Å². The summed E-state index contributed by atoms with van der Waals surface area (Å²) in [6.07, 6.45) is 2.72. The van der Waals surface area contributed by atoms with Crippen molar-refractivity contribution >= 4 is 91.5 Å². The summed E-state index contributed by atoms with van der Waals surface area (Å²) in [6.45, 7) is 2.69. The van der Waals surface area contributed by atoms with E-state index in [2.05, 4.69) is 5.32 Å². The first kappa shape index (κ1) is 31.2. The molecule has 1 heterocycles. The molecule has 1 aliphatic heterocycles. The van der Waals surface area contributed by atoms with Crippen LogP contribution in [0.15, 0.2) is 70.5 Å². The molecule has 36 heavy (non-hydrogen) atoms. The molecule has 8 nitrogen and oxygen atoms in total. The quantitative estimate of drug-likeness (QED) is 0.234. The molecule has 12 heteroatoms. The fourth-order valence-corrected chi connectivity index (χ4v) is 5.42. The van der Waals surface area contributed by atoms with E-state index in [9.17, 15) is 25.9 Å². The maximum absolute atomic E-state index is 12.2. The maximum atomic E-state index is 12.2. The van der Waals surface area contributed by atoms with Crippen molar-refractivity contribution in [2.24, 2.45) is 0 Å². The van der Waals surface area contributed by atoms with Gasteiger partial charge in [0, 0.05) is 71.7 Å². The number of fused-ring (bicyclic) bond motifs is 1. The van der Waals surface area contributed by atoms with E-state index in [1.807, 2.05) is 24.3 Å². The second-order valence-corrected chi connectivity index (χ2v) is 10.5. The zero-order valence-electron chi connectivity index (χ0n) is 20.2. The summed E-state index contributed by atoms with van der Waals surface area (Å²) in [5.41, 5.74) is 3.09. The number of nitrogens with one attached hydrogen (secondary N) is 1. The molecule has 3 aromatic rings. The first-order valence-corrected chi connectivity index (χ1v) is 13.3. The molecule has 0 amide bonds. The van der Waals surface area contributed by atoms with Gasteiger partial charge in [-0.2, -0.15) is 16.8 Å². The predicted molar refractivity (Wildman–Crippen MR) is 139 cm³/mol. The van der Waals surface area contributed by atoms with Gasteiger partial charge in [-0.15, -0.1) is 0 Å². The monoisotopic (exact) mass is 547 g/mol. The van der Waals surface area contributed by atoms with Crippen LogP contribution in [0.2, 0.25) is 0 Å². The molecule has 180 valence electrons. The van der Waals surface area contributed by atoms with E-state index in [0.717, 1.165) is 11.1 Å². The van der Waals surface area contributed by atoms with E-state index < -0.39 is 20.2 Å². The molecule has 0 spiro atoms. The number of hydrogen-bond donors (Lipinski definition) is 3. The van der Waals surface area contributed by atoms with E-state index in [-0.39, 0.29) is 91.8 Å². The smallest absolute Gasteiger partial charge is 0.295 e. The average molecular weight is 548 g/mol. The second kappa shape index (κ2) is 12.7. The summed E-state index contributed by atoms with van der Waals surface area (Å²) in [7, 11) is -9.16. The van der Waals surface area contributed by atoms with Crippen molar-refractivity contribution in [3.8, 4) is 5.75 Å². The second-order valence-electron chi connectivity index (χ2n) is 7.73. The molecule has 0 fully saturated rings. The van der Waals surface area contributed by atoms with Crippen molar-refractivity contribution in [2.45, 2.75) is 29.3 Å². The van der Waals surface area contributed by atoms with Gasteiger partial charge >= 0.3 is 0 Å². The summed E-state index contributed by atoms with van der Waals surface area (Å²) < 4.78 is 72.9. The van der Waals surface area contributed by atoms with Crippen LogP contribution in [0, 0.1) is 0 Å². The van der Waals surface area contributed by atoms with Crippen LogP contribution in [-0.2, 0) is 26.8 Å². The zero-order valence-corrected chi connectivity index (χ0v) is 25.8. The number of hydrogen-bond acceptors (Lipinski definition) is 6. The zero-order chi connectivity index (χ0) is 24.5. The van der Waals surface area contributed by atoms with E-state index >= 15 is 0 Å². The van der Waals surface area contributed by atoms with Crippen molar-refractivity contribution in [2.75, 3.05) is 6.61 Å². The third-order valence-electron chi connectivity index (χ3n) is 5.53. The normalized spacial score (nSPS) is 15.1. The Morgan fingerprint density at radius 1 is 0.889 bits per heavy atom. The predicted octanol–water partition coefficient (Wildman–Crippen LogP) is 3.18. The summed E-state index contributed by atoms with van der Waals surface area (Å²) in [5.74, 6) is 0.264. The Bertz CT molecular complexity index is 1490. The average Bonchev–Trinajstić information content (AvgIpc) is 3.21. The van der Waals surface area contributed by atoms with Gasteiger partial charge < -0.3 is 10.1 Å². The van der Waals surface area contributed by atoms with Crippen molar-refractivity contribution < 1.29 is 30.7 Å². The Balaban J connectivity index is 0.00000228. The van der Waals surface area contributed by atoms with Crippen LogP contribution in [0.3, 0.4) is 0 Å². The van der Waals surface area contributed by atoms with Gasteiger partial charge in [-0.05, 0) is 52.9 Å². The molecule has 3 N–H and O–H groups in total. The fourth-order valence-electron chi connectivity index (χ4n) is 4.00. The van der Waals surface area contributed by atoms with Gasteiger partial charge in [-0.3, -0.25) is 9.11 Å². The summed E-state index contributed by atoms with van der Waals surface area (Å²) in [6, 6.07) is 16.4. The van der Waals surface area contributed by atoms with Gasteiger partial charge in [0.25, 0.3) is 20.2 Å². The molecule has 1 unspecified atom stereocenters. The van der Waals surface area contributed by atoms with Gasteiger partial charge in [-0.1, -0.05) is 48.6 Å². The minimum absolute atomic E-state index is 0. The first-order valence-electron chi connectivity index (χ1n) is 10.4. The summed E-state index contributed by atoms with van der Waals surface area (Å²) in [4.78, 5) is -0.696. The van der Waals surface area contributed by atoms with E-state index in [1.54, 1.807) is 19.1 Å². The molecule has 4 rings (SSSR count). The SMILES string of the molecule is CCOc1ccc(C=Cc2ccc(C3NCc4ccccc43)cc2S(=O)(=O)O)c(S(=O)(=O)O)c1.[Na].[Na]. The molecule has 3 aromatic carbocycles. The van der Waals surface area contributed by atoms with E-state index in [0.29, 0.717) is 18.7 Å². The van der Waals surface area contributed by atoms with Crippen LogP contribution in [0.25, 0.3) is 12.2 Å². The van der Waals surface area contributed by atoms with Crippen LogP contribution in [0.5, 0.6) is 5.75 Å². The summed E-state index contributed by atoms with van der Waals surface area (Å²) in [5, 5.41) is 3.33. The topological polar surface area (TPSA) is 130 Å². The van der Waals surface area contributed by atoms with Crippen molar-refractivity contribution in [1.29, 1.82) is 0 Å². The number of ether oxygens (including phenoxy) is 1. The number of benzene rings is 3. The molecule has 1 atom stereocenters. The summed E-state index contributed by atoms with van der Waals surface area (Å²) >= 11 is 0. The van der Waals surface area contributed by atoms with Crippen LogP contribution < -0.4 is 10.1 Å². The third kappa shape index (κ3) is 7.09. The van der Waals surface area contributed by atoms with Crippen molar-refractivity contribution in [1.82, 2.24) is 5.32 Å². The van der Waals surface area contributed by atoms with Crippen LogP contribution in [0.4, 0.5) is 0 Å². The van der Waals surface area contributed by atoms with Crippen molar-refractivity contribution in [3.05, 3.63) is 88.5 Å².